The van der Waals surface area contributed by atoms with Gasteiger partial charge in [-0.25, -0.2) is 13.1 Å². The molecule has 1 aliphatic heterocycles. The van der Waals surface area contributed by atoms with Gasteiger partial charge in [-0.1, -0.05) is 17.7 Å². The van der Waals surface area contributed by atoms with E-state index < -0.39 is 16.1 Å². The predicted molar refractivity (Wildman–Crippen MR) is 71.3 cm³/mol. The molecular weight excluding hydrogens is 266 g/mol. The van der Waals surface area contributed by atoms with Gasteiger partial charge in [0.25, 0.3) is 0 Å². The first-order valence-corrected chi connectivity index (χ1v) is 7.72. The summed E-state index contributed by atoms with van der Waals surface area (Å²) < 4.78 is 32.1. The third-order valence-electron chi connectivity index (χ3n) is 3.20. The Kier molecular flexibility index (Phi) is 3.96. The fourth-order valence-electron chi connectivity index (χ4n) is 2.02. The van der Waals surface area contributed by atoms with Crippen LogP contribution in [0, 0.1) is 6.92 Å². The maximum atomic E-state index is 12.1. The van der Waals surface area contributed by atoms with Crippen molar-refractivity contribution in [3.05, 3.63) is 29.8 Å². The summed E-state index contributed by atoms with van der Waals surface area (Å²) >= 11 is 0. The van der Waals surface area contributed by atoms with Crippen molar-refractivity contribution in [2.75, 3.05) is 0 Å². The van der Waals surface area contributed by atoms with Crippen molar-refractivity contribution in [2.45, 2.75) is 50.0 Å². The van der Waals surface area contributed by atoms with E-state index in [1.165, 1.54) is 0 Å². The molecule has 1 fully saturated rings. The smallest absolute Gasteiger partial charge is 0.240 e. The number of ether oxygens (including phenoxy) is 1. The van der Waals surface area contributed by atoms with Crippen molar-refractivity contribution in [1.29, 1.82) is 0 Å². The molecule has 1 aliphatic rings. The third-order valence-corrected chi connectivity index (χ3v) is 4.78. The molecule has 6 heteroatoms. The number of epoxide rings is 1. The van der Waals surface area contributed by atoms with E-state index in [9.17, 15) is 13.5 Å². The van der Waals surface area contributed by atoms with Crippen molar-refractivity contribution < 1.29 is 18.3 Å². The summed E-state index contributed by atoms with van der Waals surface area (Å²) in [6, 6.07) is 6.29. The summed E-state index contributed by atoms with van der Waals surface area (Å²) in [5.41, 5.74) is 1.01. The lowest BCUT2D eigenvalue weighted by Crippen LogP contribution is -2.38. The quantitative estimate of drug-likeness (QED) is 0.785. The highest BCUT2D eigenvalue weighted by Gasteiger charge is 2.47. The van der Waals surface area contributed by atoms with E-state index in [4.69, 9.17) is 4.74 Å². The van der Waals surface area contributed by atoms with Crippen molar-refractivity contribution in [3.8, 4) is 0 Å². The minimum absolute atomic E-state index is 0.235. The summed E-state index contributed by atoms with van der Waals surface area (Å²) in [4.78, 5) is 0.235. The number of nitrogens with one attached hydrogen (secondary N) is 1. The minimum Gasteiger partial charge on any atom is -0.391 e. The first-order valence-electron chi connectivity index (χ1n) is 6.24. The molecule has 2 N–H and O–H groups in total. The standard InChI is InChI=1S/C13H19NO4S/c1-8-4-6-11(7-5-8)19(16,17)14-9(2)12-13(18-12)10(3)15/h4-7,9-10,12-15H,1-3H3/t9-,10-,12-,13-/m0/s1. The zero-order valence-corrected chi connectivity index (χ0v) is 12.0. The minimum atomic E-state index is -3.54. The number of benzene rings is 1. The topological polar surface area (TPSA) is 78.9 Å². The van der Waals surface area contributed by atoms with Crippen LogP contribution in [0.5, 0.6) is 0 Å². The monoisotopic (exact) mass is 285 g/mol. The fourth-order valence-corrected chi connectivity index (χ4v) is 3.28. The summed E-state index contributed by atoms with van der Waals surface area (Å²) in [7, 11) is -3.54. The Labute approximate surface area is 113 Å². The molecule has 5 nitrogen and oxygen atoms in total. The molecule has 0 amide bonds. The zero-order chi connectivity index (χ0) is 14.2. The van der Waals surface area contributed by atoms with Gasteiger partial charge in [0.2, 0.25) is 10.0 Å². The van der Waals surface area contributed by atoms with Gasteiger partial charge in [0.05, 0.1) is 11.0 Å². The Bertz CT molecular complexity index is 538. The van der Waals surface area contributed by atoms with Crippen LogP contribution in [-0.4, -0.2) is 37.9 Å². The highest BCUT2D eigenvalue weighted by atomic mass is 32.2. The van der Waals surface area contributed by atoms with Crippen LogP contribution in [0.4, 0.5) is 0 Å². The number of hydrogen-bond acceptors (Lipinski definition) is 4. The summed E-state index contributed by atoms with van der Waals surface area (Å²) in [5.74, 6) is 0. The zero-order valence-electron chi connectivity index (χ0n) is 11.2. The van der Waals surface area contributed by atoms with Crippen LogP contribution in [0.1, 0.15) is 19.4 Å². The molecule has 0 aliphatic carbocycles. The summed E-state index contributed by atoms with van der Waals surface area (Å²) in [6.45, 7) is 5.27. The van der Waals surface area contributed by atoms with E-state index >= 15 is 0 Å². The van der Waals surface area contributed by atoms with E-state index in [0.29, 0.717) is 0 Å². The van der Waals surface area contributed by atoms with Crippen LogP contribution in [0.15, 0.2) is 29.2 Å². The lowest BCUT2D eigenvalue weighted by atomic mass is 10.1. The second kappa shape index (κ2) is 5.20. The van der Waals surface area contributed by atoms with E-state index in [2.05, 4.69) is 4.72 Å². The van der Waals surface area contributed by atoms with Gasteiger partial charge < -0.3 is 9.84 Å². The molecule has 4 atom stereocenters. The number of aryl methyl sites for hydroxylation is 1. The van der Waals surface area contributed by atoms with Crippen molar-refractivity contribution in [2.24, 2.45) is 0 Å². The van der Waals surface area contributed by atoms with Gasteiger partial charge in [-0.05, 0) is 32.9 Å². The average Bonchev–Trinajstić information content (AvgIpc) is 3.08. The van der Waals surface area contributed by atoms with Crippen molar-refractivity contribution in [3.63, 3.8) is 0 Å². The van der Waals surface area contributed by atoms with Crippen molar-refractivity contribution in [1.82, 2.24) is 4.72 Å². The molecule has 0 aromatic heterocycles. The maximum Gasteiger partial charge on any atom is 0.240 e. The molecule has 0 bridgehead atoms. The highest BCUT2D eigenvalue weighted by Crippen LogP contribution is 2.29. The molecule has 1 heterocycles. The first-order chi connectivity index (χ1) is 8.81. The molecule has 19 heavy (non-hydrogen) atoms. The summed E-state index contributed by atoms with van der Waals surface area (Å²) in [5, 5.41) is 9.36. The van der Waals surface area contributed by atoms with Crippen LogP contribution in [0.2, 0.25) is 0 Å². The Hall–Kier alpha value is -0.950. The third kappa shape index (κ3) is 3.33. The van der Waals surface area contributed by atoms with Gasteiger partial charge in [0.15, 0.2) is 0 Å². The van der Waals surface area contributed by atoms with Gasteiger partial charge >= 0.3 is 0 Å². The number of aliphatic hydroxyl groups is 1. The van der Waals surface area contributed by atoms with Gasteiger partial charge in [-0.2, -0.15) is 0 Å². The second-order valence-electron chi connectivity index (χ2n) is 5.03. The number of sulfonamides is 1. The van der Waals surface area contributed by atoms with Crippen LogP contribution in [0.3, 0.4) is 0 Å². The highest BCUT2D eigenvalue weighted by molar-refractivity contribution is 7.89. The Balaban J connectivity index is 2.04. The Morgan fingerprint density at radius 3 is 2.26 bits per heavy atom. The van der Waals surface area contributed by atoms with Crippen LogP contribution < -0.4 is 4.72 Å². The normalized spacial score (nSPS) is 25.9. The van der Waals surface area contributed by atoms with E-state index in [-0.39, 0.29) is 23.1 Å². The lowest BCUT2D eigenvalue weighted by Gasteiger charge is -2.12. The van der Waals surface area contributed by atoms with Gasteiger partial charge in [-0.15, -0.1) is 0 Å². The maximum absolute atomic E-state index is 12.1. The predicted octanol–water partition coefficient (Wildman–Crippen LogP) is 0.810. The molecule has 1 saturated heterocycles. The van der Waals surface area contributed by atoms with Crippen LogP contribution in [-0.2, 0) is 14.8 Å². The molecule has 0 saturated carbocycles. The summed E-state index contributed by atoms with van der Waals surface area (Å²) in [6.07, 6.45) is -1.13. The van der Waals surface area contributed by atoms with E-state index in [0.717, 1.165) is 5.56 Å². The van der Waals surface area contributed by atoms with Gasteiger partial charge in [-0.3, -0.25) is 0 Å². The molecule has 0 spiro atoms. The van der Waals surface area contributed by atoms with Gasteiger partial charge in [0.1, 0.15) is 12.2 Å². The largest absolute Gasteiger partial charge is 0.391 e. The first kappa shape index (κ1) is 14.5. The molecule has 0 unspecified atom stereocenters. The SMILES string of the molecule is Cc1ccc(S(=O)(=O)N[C@@H](C)[C@@H]2O[C@H]2[C@H](C)O)cc1. The fraction of sp³-hybridized carbons (Fsp3) is 0.538. The van der Waals surface area contributed by atoms with E-state index in [1.807, 2.05) is 6.92 Å². The van der Waals surface area contributed by atoms with E-state index in [1.54, 1.807) is 38.1 Å². The van der Waals surface area contributed by atoms with Gasteiger partial charge in [0, 0.05) is 6.04 Å². The molecule has 1 aromatic rings. The molecule has 0 radical (unpaired) electrons. The molecule has 106 valence electrons. The molecule has 2 rings (SSSR count). The number of aliphatic hydroxyl groups excluding tert-OH is 1. The average molecular weight is 285 g/mol. The molecular formula is C13H19NO4S. The molecule has 1 aromatic carbocycles. The Morgan fingerprint density at radius 2 is 1.79 bits per heavy atom. The number of rotatable bonds is 5. The van der Waals surface area contributed by atoms with Crippen LogP contribution in [0.25, 0.3) is 0 Å². The second-order valence-corrected chi connectivity index (χ2v) is 6.74. The number of hydrogen-bond donors (Lipinski definition) is 2. The van der Waals surface area contributed by atoms with Crippen molar-refractivity contribution >= 4 is 10.0 Å². The lowest BCUT2D eigenvalue weighted by molar-refractivity contribution is 0.152. The van der Waals surface area contributed by atoms with Crippen LogP contribution >= 0.6 is 0 Å². The Morgan fingerprint density at radius 1 is 1.21 bits per heavy atom.